The van der Waals surface area contributed by atoms with E-state index in [1.54, 1.807) is 50.8 Å². The van der Waals surface area contributed by atoms with Crippen LogP contribution in [-0.2, 0) is 6.42 Å². The Morgan fingerprint density at radius 3 is 2.43 bits per heavy atom. The van der Waals surface area contributed by atoms with Crippen molar-refractivity contribution in [2.24, 2.45) is 0 Å². The van der Waals surface area contributed by atoms with Gasteiger partial charge in [0.1, 0.15) is 5.82 Å². The van der Waals surface area contributed by atoms with Crippen LogP contribution in [0.3, 0.4) is 0 Å². The van der Waals surface area contributed by atoms with Crippen molar-refractivity contribution in [3.05, 3.63) is 35.6 Å². The van der Waals surface area contributed by atoms with Gasteiger partial charge in [0.05, 0.1) is 5.54 Å². The number of hydrogen-bond acceptors (Lipinski definition) is 3. The largest absolute Gasteiger partial charge is 0.343 e. The number of hydroxylamine groups is 2. The molecule has 1 aliphatic heterocycles. The summed E-state index contributed by atoms with van der Waals surface area (Å²) in [5, 5.41) is 13.9. The molecule has 156 valence electrons. The van der Waals surface area contributed by atoms with Crippen molar-refractivity contribution in [1.82, 2.24) is 20.2 Å². The molecule has 0 bridgehead atoms. The van der Waals surface area contributed by atoms with Crippen molar-refractivity contribution in [3.8, 4) is 0 Å². The van der Waals surface area contributed by atoms with Gasteiger partial charge in [-0.1, -0.05) is 18.2 Å². The molecule has 0 spiro atoms. The fourth-order valence-electron chi connectivity index (χ4n) is 3.63. The number of hydrogen-bond donors (Lipinski definition) is 2. The molecule has 8 heteroatoms. The number of amides is 4. The van der Waals surface area contributed by atoms with E-state index in [-0.39, 0.29) is 30.5 Å². The second-order valence-electron chi connectivity index (χ2n) is 8.25. The second kappa shape index (κ2) is 8.34. The van der Waals surface area contributed by atoms with Gasteiger partial charge in [-0.05, 0) is 59.6 Å². The standard InChI is InChI=1S/C20H31FN4O3/c1-13(2)22-18(26)25(28)17-20(5,6)23(19(27)24(17)14(3)4)12-11-15-9-7-8-10-16(15)21/h7-10,13-14,17,28H,11-12H2,1-6H3,(H,22,26)/t17-/m1/s1. The molecule has 28 heavy (non-hydrogen) atoms. The Hall–Kier alpha value is -2.35. The molecule has 1 atom stereocenters. The third-order valence-corrected chi connectivity index (χ3v) is 5.01. The molecule has 2 N–H and O–H groups in total. The number of benzene rings is 1. The fourth-order valence-corrected chi connectivity index (χ4v) is 3.63. The number of urea groups is 2. The van der Waals surface area contributed by atoms with Crippen LogP contribution in [0.25, 0.3) is 0 Å². The van der Waals surface area contributed by atoms with Gasteiger partial charge in [0, 0.05) is 18.6 Å². The van der Waals surface area contributed by atoms with Crippen LogP contribution in [0.4, 0.5) is 14.0 Å². The van der Waals surface area contributed by atoms with E-state index >= 15 is 0 Å². The van der Waals surface area contributed by atoms with Gasteiger partial charge in [-0.2, -0.15) is 5.06 Å². The van der Waals surface area contributed by atoms with Crippen LogP contribution in [0, 0.1) is 5.82 Å². The Morgan fingerprint density at radius 2 is 1.89 bits per heavy atom. The molecule has 1 aliphatic rings. The first-order valence-corrected chi connectivity index (χ1v) is 9.60. The van der Waals surface area contributed by atoms with Gasteiger partial charge in [0.15, 0.2) is 6.17 Å². The SMILES string of the molecule is CC(C)NC(=O)N(O)[C@H]1N(C(C)C)C(=O)N(CCc2ccccc2F)C1(C)C. The molecular weight excluding hydrogens is 363 g/mol. The summed E-state index contributed by atoms with van der Waals surface area (Å²) in [4.78, 5) is 28.6. The summed E-state index contributed by atoms with van der Waals surface area (Å²) in [6.07, 6.45) is -0.538. The van der Waals surface area contributed by atoms with Crippen LogP contribution in [0.5, 0.6) is 0 Å². The zero-order valence-corrected chi connectivity index (χ0v) is 17.4. The highest BCUT2D eigenvalue weighted by Gasteiger charge is 2.55. The van der Waals surface area contributed by atoms with Crippen LogP contribution in [0.2, 0.25) is 0 Å². The molecule has 0 saturated carbocycles. The minimum Gasteiger partial charge on any atom is -0.334 e. The normalized spacial score (nSPS) is 18.9. The van der Waals surface area contributed by atoms with Gasteiger partial charge in [-0.15, -0.1) is 0 Å². The summed E-state index contributed by atoms with van der Waals surface area (Å²) in [5.41, 5.74) is -0.362. The van der Waals surface area contributed by atoms with E-state index < -0.39 is 17.7 Å². The second-order valence-corrected chi connectivity index (χ2v) is 8.25. The van der Waals surface area contributed by atoms with Crippen molar-refractivity contribution in [1.29, 1.82) is 0 Å². The lowest BCUT2D eigenvalue weighted by molar-refractivity contribution is -0.137. The average Bonchev–Trinajstić information content (AvgIpc) is 2.78. The Kier molecular flexibility index (Phi) is 6.54. The zero-order valence-electron chi connectivity index (χ0n) is 17.4. The van der Waals surface area contributed by atoms with Crippen LogP contribution < -0.4 is 5.32 Å². The van der Waals surface area contributed by atoms with E-state index in [0.29, 0.717) is 17.0 Å². The van der Waals surface area contributed by atoms with Crippen LogP contribution >= 0.6 is 0 Å². The van der Waals surface area contributed by atoms with Crippen molar-refractivity contribution >= 4 is 12.1 Å². The molecule has 1 aromatic carbocycles. The van der Waals surface area contributed by atoms with Gasteiger partial charge in [0.25, 0.3) is 0 Å². The highest BCUT2D eigenvalue weighted by molar-refractivity contribution is 5.81. The van der Waals surface area contributed by atoms with Gasteiger partial charge >= 0.3 is 12.1 Å². The lowest BCUT2D eigenvalue weighted by atomic mass is 9.98. The molecule has 1 aromatic rings. The lowest BCUT2D eigenvalue weighted by Gasteiger charge is -2.39. The summed E-state index contributed by atoms with van der Waals surface area (Å²) in [6, 6.07) is 5.10. The van der Waals surface area contributed by atoms with Crippen molar-refractivity contribution in [3.63, 3.8) is 0 Å². The smallest absolute Gasteiger partial charge is 0.334 e. The van der Waals surface area contributed by atoms with Gasteiger partial charge < -0.3 is 10.2 Å². The van der Waals surface area contributed by atoms with Crippen LogP contribution in [0.15, 0.2) is 24.3 Å². The first-order chi connectivity index (χ1) is 13.0. The van der Waals surface area contributed by atoms with Crippen LogP contribution in [0.1, 0.15) is 47.1 Å². The fraction of sp³-hybridized carbons (Fsp3) is 0.600. The molecule has 7 nitrogen and oxygen atoms in total. The molecule has 0 aliphatic carbocycles. The van der Waals surface area contributed by atoms with Crippen LogP contribution in [-0.4, -0.2) is 62.5 Å². The molecule has 0 radical (unpaired) electrons. The molecule has 2 rings (SSSR count). The van der Waals surface area contributed by atoms with E-state index in [1.165, 1.54) is 11.0 Å². The number of halogens is 1. The monoisotopic (exact) mass is 394 g/mol. The quantitative estimate of drug-likeness (QED) is 0.573. The maximum Gasteiger partial charge on any atom is 0.343 e. The van der Waals surface area contributed by atoms with Crippen molar-refractivity contribution in [2.75, 3.05) is 6.54 Å². The number of carbonyl (C=O) groups excluding carboxylic acids is 2. The summed E-state index contributed by atoms with van der Waals surface area (Å²) in [6.45, 7) is 11.1. The topological polar surface area (TPSA) is 76.1 Å². The third-order valence-electron chi connectivity index (χ3n) is 5.01. The van der Waals surface area contributed by atoms with E-state index in [0.717, 1.165) is 0 Å². The Balaban J connectivity index is 2.29. The van der Waals surface area contributed by atoms with E-state index in [4.69, 9.17) is 0 Å². The minimum absolute atomic E-state index is 0.160. The van der Waals surface area contributed by atoms with Gasteiger partial charge in [-0.25, -0.2) is 14.0 Å². The molecule has 1 heterocycles. The first kappa shape index (κ1) is 21.9. The highest BCUT2D eigenvalue weighted by atomic mass is 19.1. The van der Waals surface area contributed by atoms with Crippen molar-refractivity contribution in [2.45, 2.75) is 71.8 Å². The molecule has 1 saturated heterocycles. The minimum atomic E-state index is -0.879. The molecule has 1 fully saturated rings. The predicted molar refractivity (Wildman–Crippen MR) is 104 cm³/mol. The molecule has 0 aromatic heterocycles. The summed E-state index contributed by atoms with van der Waals surface area (Å²) < 4.78 is 14.0. The zero-order chi connectivity index (χ0) is 21.2. The Bertz CT molecular complexity index is 723. The Morgan fingerprint density at radius 1 is 1.29 bits per heavy atom. The summed E-state index contributed by atoms with van der Waals surface area (Å²) >= 11 is 0. The van der Waals surface area contributed by atoms with E-state index in [9.17, 15) is 19.2 Å². The van der Waals surface area contributed by atoms with Crippen molar-refractivity contribution < 1.29 is 19.2 Å². The maximum atomic E-state index is 14.0. The van der Waals surface area contributed by atoms with E-state index in [2.05, 4.69) is 5.32 Å². The Labute approximate surface area is 166 Å². The summed E-state index contributed by atoms with van der Waals surface area (Å²) in [5.74, 6) is -0.315. The molecule has 4 amide bonds. The highest BCUT2D eigenvalue weighted by Crippen LogP contribution is 2.36. The van der Waals surface area contributed by atoms with Gasteiger partial charge in [0.2, 0.25) is 0 Å². The lowest BCUT2D eigenvalue weighted by Crippen LogP contribution is -2.60. The average molecular weight is 394 g/mol. The summed E-state index contributed by atoms with van der Waals surface area (Å²) in [7, 11) is 0. The van der Waals surface area contributed by atoms with E-state index in [1.807, 2.05) is 13.8 Å². The first-order valence-electron chi connectivity index (χ1n) is 9.60. The predicted octanol–water partition coefficient (Wildman–Crippen LogP) is 3.43. The number of nitrogens with zero attached hydrogens (tertiary/aromatic N) is 3. The molecular formula is C20H31FN4O3. The number of carbonyl (C=O) groups is 2. The third kappa shape index (κ3) is 4.22. The maximum absolute atomic E-state index is 14.0. The number of nitrogens with one attached hydrogen (secondary N) is 1. The van der Waals surface area contributed by atoms with Gasteiger partial charge in [-0.3, -0.25) is 10.1 Å². The molecule has 0 unspecified atom stereocenters. The number of rotatable bonds is 6.